The van der Waals surface area contributed by atoms with Gasteiger partial charge in [-0.3, -0.25) is 15.0 Å². The van der Waals surface area contributed by atoms with E-state index in [0.29, 0.717) is 23.4 Å². The van der Waals surface area contributed by atoms with E-state index < -0.39 is 0 Å². The summed E-state index contributed by atoms with van der Waals surface area (Å²) in [6.07, 6.45) is 6.54. The molecule has 1 aromatic rings. The Morgan fingerprint density at radius 2 is 2.00 bits per heavy atom. The van der Waals surface area contributed by atoms with Crippen LogP contribution in [0.3, 0.4) is 0 Å². The highest BCUT2D eigenvalue weighted by Gasteiger charge is 2.35. The summed E-state index contributed by atoms with van der Waals surface area (Å²) in [4.78, 5) is 13.4. The summed E-state index contributed by atoms with van der Waals surface area (Å²) in [6.45, 7) is 0. The van der Waals surface area contributed by atoms with Crippen LogP contribution in [0.4, 0.5) is 5.69 Å². The average Bonchev–Trinajstić information content (AvgIpc) is 2.70. The number of nitro benzene ring substituents is 1. The molecule has 2 aliphatic heterocycles. The molecule has 2 fully saturated rings. The van der Waals surface area contributed by atoms with E-state index in [1.165, 1.54) is 31.6 Å². The van der Waals surface area contributed by atoms with Crippen molar-refractivity contribution in [3.8, 4) is 5.75 Å². The van der Waals surface area contributed by atoms with Gasteiger partial charge in [0.15, 0.2) is 0 Å². The van der Waals surface area contributed by atoms with Crippen LogP contribution in [0.25, 0.3) is 6.08 Å². The minimum Gasteiger partial charge on any atom is -0.497 e. The van der Waals surface area contributed by atoms with Crippen LogP contribution in [-0.4, -0.2) is 36.1 Å². The quantitative estimate of drug-likeness (QED) is 0.633. The molecule has 1 aromatic carbocycles. The van der Waals surface area contributed by atoms with Crippen LogP contribution in [-0.2, 0) is 0 Å². The molecule has 5 heteroatoms. The monoisotopic (exact) mass is 288 g/mol. The third-order valence-electron chi connectivity index (χ3n) is 4.77. The molecule has 0 aliphatic carbocycles. The number of ether oxygens (including phenoxy) is 1. The van der Waals surface area contributed by atoms with Crippen molar-refractivity contribution in [3.63, 3.8) is 0 Å². The van der Waals surface area contributed by atoms with Crippen molar-refractivity contribution in [1.82, 2.24) is 4.90 Å². The van der Waals surface area contributed by atoms with Crippen LogP contribution in [0, 0.1) is 10.1 Å². The Bertz CT molecular complexity index is 581. The fourth-order valence-electron chi connectivity index (χ4n) is 3.54. The molecule has 5 nitrogen and oxygen atoms in total. The number of hydrogen-bond donors (Lipinski definition) is 0. The maximum Gasteiger partial charge on any atom is 0.280 e. The first kappa shape index (κ1) is 14.1. The van der Waals surface area contributed by atoms with Gasteiger partial charge in [-0.15, -0.1) is 0 Å². The molecule has 2 bridgehead atoms. The molecule has 2 atom stereocenters. The van der Waals surface area contributed by atoms with Crippen molar-refractivity contribution in [3.05, 3.63) is 39.4 Å². The molecule has 112 valence electrons. The molecule has 2 saturated heterocycles. The van der Waals surface area contributed by atoms with Crippen molar-refractivity contribution >= 4 is 11.8 Å². The second-order valence-electron chi connectivity index (χ2n) is 5.94. The van der Waals surface area contributed by atoms with Crippen molar-refractivity contribution in [2.24, 2.45) is 0 Å². The molecule has 2 aliphatic rings. The summed E-state index contributed by atoms with van der Waals surface area (Å²) in [5.74, 6) is 0.521. The SMILES string of the molecule is COc1ccc(/C=C2\C[C@H]3CC[C@@H](C2)N3C)c([N+](=O)[O-])c1. The molecule has 0 radical (unpaired) electrons. The zero-order valence-corrected chi connectivity index (χ0v) is 12.4. The van der Waals surface area contributed by atoms with Gasteiger partial charge in [-0.2, -0.15) is 0 Å². The van der Waals surface area contributed by atoms with E-state index in [0.717, 1.165) is 12.8 Å². The van der Waals surface area contributed by atoms with Gasteiger partial charge in [-0.1, -0.05) is 5.57 Å². The van der Waals surface area contributed by atoms with Gasteiger partial charge in [-0.25, -0.2) is 0 Å². The molecule has 0 unspecified atom stereocenters. The highest BCUT2D eigenvalue weighted by Crippen LogP contribution is 2.38. The fourth-order valence-corrected chi connectivity index (χ4v) is 3.54. The van der Waals surface area contributed by atoms with E-state index in [4.69, 9.17) is 4.74 Å². The Kier molecular flexibility index (Phi) is 3.68. The second-order valence-corrected chi connectivity index (χ2v) is 5.94. The van der Waals surface area contributed by atoms with Gasteiger partial charge in [0.2, 0.25) is 0 Å². The Balaban J connectivity index is 1.91. The van der Waals surface area contributed by atoms with Crippen molar-refractivity contribution in [1.29, 1.82) is 0 Å². The number of piperidine rings is 1. The Morgan fingerprint density at radius 3 is 2.57 bits per heavy atom. The molecule has 21 heavy (non-hydrogen) atoms. The summed E-state index contributed by atoms with van der Waals surface area (Å²) in [5.41, 5.74) is 2.13. The normalized spacial score (nSPS) is 27.0. The Morgan fingerprint density at radius 1 is 1.33 bits per heavy atom. The van der Waals surface area contributed by atoms with Gasteiger partial charge in [0, 0.05) is 12.1 Å². The first-order valence-corrected chi connectivity index (χ1v) is 7.32. The first-order chi connectivity index (χ1) is 10.1. The summed E-state index contributed by atoms with van der Waals surface area (Å²) >= 11 is 0. The summed E-state index contributed by atoms with van der Waals surface area (Å²) in [7, 11) is 3.71. The van der Waals surface area contributed by atoms with Crippen molar-refractivity contribution in [2.45, 2.75) is 37.8 Å². The molecule has 0 saturated carbocycles. The van der Waals surface area contributed by atoms with E-state index in [2.05, 4.69) is 11.9 Å². The molecule has 0 spiro atoms. The average molecular weight is 288 g/mol. The summed E-state index contributed by atoms with van der Waals surface area (Å²) in [6, 6.07) is 6.27. The lowest BCUT2D eigenvalue weighted by atomic mass is 9.95. The number of benzene rings is 1. The third kappa shape index (κ3) is 2.65. The number of fused-ring (bicyclic) bond motifs is 2. The minimum absolute atomic E-state index is 0.119. The molecule has 0 aromatic heterocycles. The van der Waals surface area contributed by atoms with Crippen molar-refractivity contribution in [2.75, 3.05) is 14.2 Å². The zero-order chi connectivity index (χ0) is 15.0. The van der Waals surface area contributed by atoms with E-state index in [-0.39, 0.29) is 10.6 Å². The van der Waals surface area contributed by atoms with Crippen molar-refractivity contribution < 1.29 is 9.66 Å². The number of nitro groups is 1. The smallest absolute Gasteiger partial charge is 0.280 e. The van der Waals surface area contributed by atoms with Crippen LogP contribution in [0.1, 0.15) is 31.2 Å². The maximum absolute atomic E-state index is 11.2. The van der Waals surface area contributed by atoms with E-state index in [1.807, 2.05) is 6.08 Å². The predicted octanol–water partition coefficient (Wildman–Crippen LogP) is 3.24. The fraction of sp³-hybridized carbons (Fsp3) is 0.500. The molecule has 0 amide bonds. The molecular formula is C16H20N2O3. The molecule has 0 N–H and O–H groups in total. The lowest BCUT2D eigenvalue weighted by molar-refractivity contribution is -0.385. The zero-order valence-electron chi connectivity index (χ0n) is 12.4. The highest BCUT2D eigenvalue weighted by molar-refractivity contribution is 5.65. The van der Waals surface area contributed by atoms with Gasteiger partial charge >= 0.3 is 0 Å². The topological polar surface area (TPSA) is 55.6 Å². The van der Waals surface area contributed by atoms with Crippen LogP contribution < -0.4 is 4.74 Å². The molecule has 3 rings (SSSR count). The predicted molar refractivity (Wildman–Crippen MR) is 81.4 cm³/mol. The number of nitrogens with zero attached hydrogens (tertiary/aromatic N) is 2. The van der Waals surface area contributed by atoms with Gasteiger partial charge < -0.3 is 4.74 Å². The van der Waals surface area contributed by atoms with Gasteiger partial charge in [-0.05, 0) is 50.9 Å². The lowest BCUT2D eigenvalue weighted by Crippen LogP contribution is -2.36. The van der Waals surface area contributed by atoms with Crippen LogP contribution >= 0.6 is 0 Å². The summed E-state index contributed by atoms with van der Waals surface area (Å²) < 4.78 is 5.08. The molecular weight excluding hydrogens is 268 g/mol. The highest BCUT2D eigenvalue weighted by atomic mass is 16.6. The Labute approximate surface area is 124 Å². The number of hydrogen-bond acceptors (Lipinski definition) is 4. The lowest BCUT2D eigenvalue weighted by Gasteiger charge is -2.32. The number of methoxy groups -OCH3 is 1. The van der Waals surface area contributed by atoms with Gasteiger partial charge in [0.1, 0.15) is 5.75 Å². The molecule has 2 heterocycles. The van der Waals surface area contributed by atoms with Crippen LogP contribution in [0.15, 0.2) is 23.8 Å². The van der Waals surface area contributed by atoms with E-state index in [9.17, 15) is 10.1 Å². The third-order valence-corrected chi connectivity index (χ3v) is 4.77. The second kappa shape index (κ2) is 5.48. The van der Waals surface area contributed by atoms with Crippen LogP contribution in [0.2, 0.25) is 0 Å². The van der Waals surface area contributed by atoms with Crippen LogP contribution in [0.5, 0.6) is 5.75 Å². The largest absolute Gasteiger partial charge is 0.497 e. The summed E-state index contributed by atoms with van der Waals surface area (Å²) in [5, 5.41) is 11.2. The standard InChI is InChI=1S/C16H20N2O3/c1-17-13-4-5-14(17)9-11(8-13)7-12-3-6-15(21-2)10-16(12)18(19)20/h3,6-7,10,13-14H,4-5,8-9H2,1-2H3/b11-7-/t13-,14+/m0/s1. The van der Waals surface area contributed by atoms with Gasteiger partial charge in [0.25, 0.3) is 5.69 Å². The maximum atomic E-state index is 11.2. The number of rotatable bonds is 3. The van der Waals surface area contributed by atoms with Gasteiger partial charge in [0.05, 0.1) is 23.7 Å². The first-order valence-electron chi connectivity index (χ1n) is 7.32. The van der Waals surface area contributed by atoms with E-state index >= 15 is 0 Å². The van der Waals surface area contributed by atoms with E-state index in [1.54, 1.807) is 12.1 Å². The minimum atomic E-state index is -0.335. The Hall–Kier alpha value is -1.88.